The van der Waals surface area contributed by atoms with Gasteiger partial charge >= 0.3 is 0 Å². The minimum atomic E-state index is -0.0435. The highest BCUT2D eigenvalue weighted by Crippen LogP contribution is 2.40. The summed E-state index contributed by atoms with van der Waals surface area (Å²) in [7, 11) is 0. The Morgan fingerprint density at radius 2 is 2.07 bits per heavy atom. The minimum Gasteiger partial charge on any atom is -0.352 e. The van der Waals surface area contributed by atoms with Gasteiger partial charge in [-0.05, 0) is 43.7 Å². The number of nitrogens with zero attached hydrogens (tertiary/aromatic N) is 3. The fraction of sp³-hybridized carbons (Fsp3) is 0.682. The number of rotatable bonds is 7. The predicted molar refractivity (Wildman–Crippen MR) is 113 cm³/mol. The molecule has 1 saturated heterocycles. The lowest BCUT2D eigenvalue weighted by Crippen LogP contribution is -2.44. The van der Waals surface area contributed by atoms with Gasteiger partial charge in [0.05, 0.1) is 16.6 Å². The van der Waals surface area contributed by atoms with Crippen molar-refractivity contribution >= 4 is 17.0 Å². The van der Waals surface area contributed by atoms with Crippen molar-refractivity contribution in [2.45, 2.75) is 52.4 Å². The zero-order valence-corrected chi connectivity index (χ0v) is 17.9. The molecule has 29 heavy (non-hydrogen) atoms. The van der Waals surface area contributed by atoms with E-state index in [0.29, 0.717) is 23.7 Å². The molecule has 1 amide bonds. The molecule has 0 spiro atoms. The van der Waals surface area contributed by atoms with Crippen molar-refractivity contribution < 1.29 is 9.32 Å². The van der Waals surface area contributed by atoms with Crippen LogP contribution in [-0.4, -0.2) is 60.2 Å². The first-order chi connectivity index (χ1) is 13.9. The van der Waals surface area contributed by atoms with E-state index in [0.717, 1.165) is 75.2 Å². The van der Waals surface area contributed by atoms with Gasteiger partial charge in [-0.3, -0.25) is 4.79 Å². The predicted octanol–water partition coefficient (Wildman–Crippen LogP) is 2.71. The molecule has 7 nitrogen and oxygen atoms in total. The van der Waals surface area contributed by atoms with Crippen molar-refractivity contribution in [2.24, 2.45) is 5.41 Å². The highest BCUT2D eigenvalue weighted by molar-refractivity contribution is 6.06. The van der Waals surface area contributed by atoms with Crippen molar-refractivity contribution in [1.82, 2.24) is 25.7 Å². The Hall–Kier alpha value is -1.99. The molecule has 1 aliphatic carbocycles. The van der Waals surface area contributed by atoms with Gasteiger partial charge in [-0.1, -0.05) is 25.9 Å². The smallest absolute Gasteiger partial charge is 0.259 e. The first-order valence-corrected chi connectivity index (χ1v) is 10.9. The highest BCUT2D eigenvalue weighted by Gasteiger charge is 2.29. The molecular formula is C22H33N5O2. The molecular weight excluding hydrogens is 366 g/mol. The van der Waals surface area contributed by atoms with Crippen LogP contribution in [0.25, 0.3) is 11.1 Å². The molecule has 2 N–H and O–H groups in total. The first kappa shape index (κ1) is 20.3. The monoisotopic (exact) mass is 399 g/mol. The standard InChI is InChI=1S/C22H33N5O2/c1-22(2,3)14-18-19-16(13-17(15-5-6-15)25-21(19)29-26-18)20(28)24-7-4-10-27-11-8-23-9-12-27/h13,15,23H,4-12,14H2,1-3H3,(H,24,28). The van der Waals surface area contributed by atoms with Crippen molar-refractivity contribution in [2.75, 3.05) is 39.3 Å². The van der Waals surface area contributed by atoms with E-state index < -0.39 is 0 Å². The van der Waals surface area contributed by atoms with Gasteiger partial charge in [-0.2, -0.15) is 0 Å². The lowest BCUT2D eigenvalue weighted by atomic mass is 9.89. The fourth-order valence-corrected chi connectivity index (χ4v) is 3.95. The van der Waals surface area contributed by atoms with E-state index in [-0.39, 0.29) is 11.3 Å². The SMILES string of the molecule is CC(C)(C)Cc1noc2nc(C3CC3)cc(C(=O)NCCCN3CCNCC3)c12. The van der Waals surface area contributed by atoms with Gasteiger partial charge in [0, 0.05) is 44.3 Å². The lowest BCUT2D eigenvalue weighted by Gasteiger charge is -2.27. The molecule has 3 heterocycles. The highest BCUT2D eigenvalue weighted by atomic mass is 16.5. The summed E-state index contributed by atoms with van der Waals surface area (Å²) in [5.74, 6) is 0.410. The maximum absolute atomic E-state index is 13.1. The Kier molecular flexibility index (Phi) is 5.88. The third-order valence-corrected chi connectivity index (χ3v) is 5.62. The summed E-state index contributed by atoms with van der Waals surface area (Å²) in [5.41, 5.74) is 3.00. The number of hydrogen-bond donors (Lipinski definition) is 2. The first-order valence-electron chi connectivity index (χ1n) is 10.9. The number of fused-ring (bicyclic) bond motifs is 1. The molecule has 2 aromatic rings. The zero-order chi connectivity index (χ0) is 20.4. The molecule has 0 radical (unpaired) electrons. The fourth-order valence-electron chi connectivity index (χ4n) is 3.95. The topological polar surface area (TPSA) is 83.3 Å². The third kappa shape index (κ3) is 5.14. The normalized spacial score (nSPS) is 18.3. The number of aromatic nitrogens is 2. The average Bonchev–Trinajstić information content (AvgIpc) is 3.47. The Labute approximate surface area is 172 Å². The van der Waals surface area contributed by atoms with E-state index in [1.807, 2.05) is 6.07 Å². The molecule has 0 aromatic carbocycles. The van der Waals surface area contributed by atoms with Crippen molar-refractivity contribution in [1.29, 1.82) is 0 Å². The number of nitrogens with one attached hydrogen (secondary N) is 2. The quantitative estimate of drug-likeness (QED) is 0.697. The third-order valence-electron chi connectivity index (χ3n) is 5.62. The molecule has 4 rings (SSSR count). The Balaban J connectivity index is 1.49. The Morgan fingerprint density at radius 3 is 2.76 bits per heavy atom. The summed E-state index contributed by atoms with van der Waals surface area (Å²) in [6, 6.07) is 1.97. The number of hydrogen-bond acceptors (Lipinski definition) is 6. The zero-order valence-electron chi connectivity index (χ0n) is 17.9. The van der Waals surface area contributed by atoms with Crippen LogP contribution in [0.1, 0.15) is 67.7 Å². The van der Waals surface area contributed by atoms with Crippen LogP contribution in [0.3, 0.4) is 0 Å². The van der Waals surface area contributed by atoms with Gasteiger partial charge < -0.3 is 20.1 Å². The number of piperazine rings is 1. The van der Waals surface area contributed by atoms with Crippen LogP contribution in [0.2, 0.25) is 0 Å². The van der Waals surface area contributed by atoms with Gasteiger partial charge in [0.25, 0.3) is 11.6 Å². The second-order valence-corrected chi connectivity index (χ2v) is 9.62. The molecule has 7 heteroatoms. The maximum Gasteiger partial charge on any atom is 0.259 e. The second-order valence-electron chi connectivity index (χ2n) is 9.62. The van der Waals surface area contributed by atoms with E-state index in [9.17, 15) is 4.79 Å². The van der Waals surface area contributed by atoms with Crippen LogP contribution in [0.15, 0.2) is 10.6 Å². The van der Waals surface area contributed by atoms with Gasteiger partial charge in [0.15, 0.2) is 0 Å². The van der Waals surface area contributed by atoms with E-state index in [1.165, 1.54) is 0 Å². The molecule has 0 unspecified atom stereocenters. The summed E-state index contributed by atoms with van der Waals surface area (Å²) in [5, 5.41) is 11.5. The summed E-state index contributed by atoms with van der Waals surface area (Å²) in [6.45, 7) is 12.4. The van der Waals surface area contributed by atoms with Crippen molar-refractivity contribution in [3.8, 4) is 0 Å². The van der Waals surface area contributed by atoms with Crippen LogP contribution >= 0.6 is 0 Å². The lowest BCUT2D eigenvalue weighted by molar-refractivity contribution is 0.0952. The van der Waals surface area contributed by atoms with Crippen molar-refractivity contribution in [3.63, 3.8) is 0 Å². The largest absolute Gasteiger partial charge is 0.352 e. The average molecular weight is 400 g/mol. The van der Waals surface area contributed by atoms with E-state index in [1.54, 1.807) is 0 Å². The molecule has 0 bridgehead atoms. The summed E-state index contributed by atoms with van der Waals surface area (Å²) in [4.78, 5) is 20.2. The second kappa shape index (κ2) is 8.40. The van der Waals surface area contributed by atoms with Crippen molar-refractivity contribution in [3.05, 3.63) is 23.0 Å². The van der Waals surface area contributed by atoms with Crippen LogP contribution < -0.4 is 10.6 Å². The molecule has 158 valence electrons. The Morgan fingerprint density at radius 1 is 1.31 bits per heavy atom. The van der Waals surface area contributed by atoms with Crippen LogP contribution in [-0.2, 0) is 6.42 Å². The number of pyridine rings is 1. The van der Waals surface area contributed by atoms with Crippen LogP contribution in [0, 0.1) is 5.41 Å². The van der Waals surface area contributed by atoms with Gasteiger partial charge in [0.2, 0.25) is 0 Å². The molecule has 0 atom stereocenters. The van der Waals surface area contributed by atoms with Gasteiger partial charge in [-0.25, -0.2) is 4.98 Å². The minimum absolute atomic E-state index is 0.0435. The number of carbonyl (C=O) groups is 1. The number of amides is 1. The van der Waals surface area contributed by atoms with Gasteiger partial charge in [-0.15, -0.1) is 0 Å². The van der Waals surface area contributed by atoms with E-state index >= 15 is 0 Å². The van der Waals surface area contributed by atoms with E-state index in [4.69, 9.17) is 4.52 Å². The maximum atomic E-state index is 13.1. The Bertz CT molecular complexity index is 860. The molecule has 2 aliphatic rings. The summed E-state index contributed by atoms with van der Waals surface area (Å²) in [6.07, 6.45) is 3.96. The van der Waals surface area contributed by atoms with Gasteiger partial charge in [0.1, 0.15) is 0 Å². The molecule has 1 aliphatic heterocycles. The summed E-state index contributed by atoms with van der Waals surface area (Å²) < 4.78 is 5.56. The van der Waals surface area contributed by atoms with E-state index in [2.05, 4.69) is 46.4 Å². The summed E-state index contributed by atoms with van der Waals surface area (Å²) >= 11 is 0. The molecule has 1 saturated carbocycles. The van der Waals surface area contributed by atoms with Crippen LogP contribution in [0.4, 0.5) is 0 Å². The molecule has 2 aromatic heterocycles. The molecule has 2 fully saturated rings. The van der Waals surface area contributed by atoms with Crippen LogP contribution in [0.5, 0.6) is 0 Å². The number of carbonyl (C=O) groups excluding carboxylic acids is 1.